The Hall–Kier alpha value is -1.61. The first kappa shape index (κ1) is 14.8. The summed E-state index contributed by atoms with van der Waals surface area (Å²) < 4.78 is 0. The molecule has 1 fully saturated rings. The molecule has 0 radical (unpaired) electrons. The van der Waals surface area contributed by atoms with Crippen molar-refractivity contribution < 1.29 is 4.79 Å². The Kier molecular flexibility index (Phi) is 4.96. The fraction of sp³-hybridized carbons (Fsp3) is 0.471. The average molecular weight is 272 g/mol. The van der Waals surface area contributed by atoms with E-state index in [0.29, 0.717) is 19.0 Å². The molecule has 2 N–H and O–H groups in total. The van der Waals surface area contributed by atoms with Crippen LogP contribution in [0, 0.1) is 0 Å². The van der Waals surface area contributed by atoms with E-state index in [1.807, 2.05) is 4.90 Å². The third kappa shape index (κ3) is 3.70. The highest BCUT2D eigenvalue weighted by Gasteiger charge is 2.34. The molecule has 1 aliphatic rings. The molecule has 3 heteroatoms. The molecule has 1 aliphatic carbocycles. The Balaban J connectivity index is 2.04. The molecular weight excluding hydrogens is 248 g/mol. The largest absolute Gasteiger partial charge is 0.334 e. The number of nitrogens with zero attached hydrogens (tertiary/aromatic N) is 1. The van der Waals surface area contributed by atoms with Gasteiger partial charge in [0.25, 0.3) is 0 Å². The van der Waals surface area contributed by atoms with Crippen LogP contribution in [-0.2, 0) is 17.8 Å². The van der Waals surface area contributed by atoms with Crippen LogP contribution in [0.5, 0.6) is 0 Å². The fourth-order valence-corrected chi connectivity index (χ4v) is 2.34. The maximum Gasteiger partial charge on any atom is 0.240 e. The third-order valence-corrected chi connectivity index (χ3v) is 3.79. The Labute approximate surface area is 121 Å². The number of hydrogen-bond donors (Lipinski definition) is 1. The lowest BCUT2D eigenvalue weighted by molar-refractivity contribution is -0.133. The second-order valence-corrected chi connectivity index (χ2v) is 5.50. The first-order valence-corrected chi connectivity index (χ1v) is 7.40. The van der Waals surface area contributed by atoms with Gasteiger partial charge in [-0.2, -0.15) is 0 Å². The minimum absolute atomic E-state index is 0.0481. The van der Waals surface area contributed by atoms with Gasteiger partial charge < -0.3 is 10.6 Å². The smallest absolute Gasteiger partial charge is 0.240 e. The quantitative estimate of drug-likeness (QED) is 0.776. The molecule has 0 aromatic heterocycles. The third-order valence-electron chi connectivity index (χ3n) is 3.79. The summed E-state index contributed by atoms with van der Waals surface area (Å²) >= 11 is 0. The maximum absolute atomic E-state index is 12.4. The van der Waals surface area contributed by atoms with Gasteiger partial charge in [0, 0.05) is 12.6 Å². The maximum atomic E-state index is 12.4. The van der Waals surface area contributed by atoms with Crippen molar-refractivity contribution in [2.45, 2.75) is 51.2 Å². The van der Waals surface area contributed by atoms with Crippen LogP contribution < -0.4 is 5.73 Å². The van der Waals surface area contributed by atoms with Crippen molar-refractivity contribution in [3.05, 3.63) is 48.0 Å². The number of nitrogens with two attached hydrogens (primary N) is 1. The summed E-state index contributed by atoms with van der Waals surface area (Å²) in [6.07, 6.45) is 5.48. The minimum atomic E-state index is -0.456. The van der Waals surface area contributed by atoms with Gasteiger partial charge in [-0.3, -0.25) is 4.79 Å². The van der Waals surface area contributed by atoms with Crippen LogP contribution in [0.1, 0.15) is 37.3 Å². The molecule has 1 unspecified atom stereocenters. The average Bonchev–Trinajstić information content (AvgIpc) is 3.29. The summed E-state index contributed by atoms with van der Waals surface area (Å²) in [6.45, 7) is 6.46. The van der Waals surface area contributed by atoms with Crippen LogP contribution in [0.15, 0.2) is 36.9 Å². The zero-order valence-corrected chi connectivity index (χ0v) is 12.2. The molecule has 0 heterocycles. The van der Waals surface area contributed by atoms with E-state index in [0.717, 1.165) is 19.3 Å². The van der Waals surface area contributed by atoms with Gasteiger partial charge >= 0.3 is 0 Å². The summed E-state index contributed by atoms with van der Waals surface area (Å²) in [5.74, 6) is 0.0481. The van der Waals surface area contributed by atoms with Gasteiger partial charge in [-0.25, -0.2) is 0 Å². The number of rotatable bonds is 7. The van der Waals surface area contributed by atoms with Crippen molar-refractivity contribution >= 4 is 5.91 Å². The molecule has 1 atom stereocenters. The van der Waals surface area contributed by atoms with Gasteiger partial charge in [-0.05, 0) is 36.8 Å². The van der Waals surface area contributed by atoms with Crippen LogP contribution in [0.4, 0.5) is 0 Å². The van der Waals surface area contributed by atoms with Crippen LogP contribution in [-0.4, -0.2) is 22.9 Å². The van der Waals surface area contributed by atoms with Crippen molar-refractivity contribution in [2.75, 3.05) is 0 Å². The van der Waals surface area contributed by atoms with Crippen molar-refractivity contribution in [1.29, 1.82) is 0 Å². The van der Waals surface area contributed by atoms with Crippen LogP contribution in [0.25, 0.3) is 0 Å². The van der Waals surface area contributed by atoms with Crippen LogP contribution in [0.2, 0.25) is 0 Å². The lowest BCUT2D eigenvalue weighted by Gasteiger charge is -2.25. The standard InChI is InChI=1S/C17H24N2O/c1-3-5-16(18)17(20)19(15-10-11-15)12-14-8-6-13(4-2)7-9-14/h3,6-9,15-16H,1,4-5,10-12,18H2,2H3. The molecule has 108 valence electrons. The Bertz CT molecular complexity index is 462. The number of carbonyl (C=O) groups is 1. The van der Waals surface area contributed by atoms with E-state index in [9.17, 15) is 4.79 Å². The topological polar surface area (TPSA) is 46.3 Å². The predicted molar refractivity (Wildman–Crippen MR) is 82.2 cm³/mol. The molecule has 0 spiro atoms. The van der Waals surface area contributed by atoms with Crippen molar-refractivity contribution in [3.8, 4) is 0 Å². The van der Waals surface area contributed by atoms with Gasteiger partial charge in [0.2, 0.25) is 5.91 Å². The Morgan fingerprint density at radius 3 is 2.50 bits per heavy atom. The van der Waals surface area contributed by atoms with Crippen molar-refractivity contribution in [2.24, 2.45) is 5.73 Å². The van der Waals surface area contributed by atoms with E-state index in [-0.39, 0.29) is 5.91 Å². The van der Waals surface area contributed by atoms with Crippen molar-refractivity contribution in [1.82, 2.24) is 4.90 Å². The highest BCUT2D eigenvalue weighted by atomic mass is 16.2. The normalized spacial score (nSPS) is 15.7. The summed E-state index contributed by atoms with van der Waals surface area (Å²) in [4.78, 5) is 14.3. The number of amides is 1. The Morgan fingerprint density at radius 1 is 1.40 bits per heavy atom. The SMILES string of the molecule is C=CCC(N)C(=O)N(Cc1ccc(CC)cc1)C1CC1. The van der Waals surface area contributed by atoms with E-state index in [2.05, 4.69) is 37.8 Å². The molecule has 1 saturated carbocycles. The van der Waals surface area contributed by atoms with Crippen LogP contribution in [0.3, 0.4) is 0 Å². The van der Waals surface area contributed by atoms with Crippen molar-refractivity contribution in [3.63, 3.8) is 0 Å². The van der Waals surface area contributed by atoms with E-state index in [1.54, 1.807) is 6.08 Å². The molecule has 1 aromatic rings. The van der Waals surface area contributed by atoms with Gasteiger partial charge in [0.05, 0.1) is 6.04 Å². The molecular formula is C17H24N2O. The molecule has 3 nitrogen and oxygen atoms in total. The minimum Gasteiger partial charge on any atom is -0.334 e. The molecule has 20 heavy (non-hydrogen) atoms. The highest BCUT2D eigenvalue weighted by Crippen LogP contribution is 2.29. The van der Waals surface area contributed by atoms with Gasteiger partial charge in [-0.15, -0.1) is 6.58 Å². The summed E-state index contributed by atoms with van der Waals surface area (Å²) in [7, 11) is 0. The summed E-state index contributed by atoms with van der Waals surface area (Å²) in [6, 6.07) is 8.41. The molecule has 2 rings (SSSR count). The van der Waals surface area contributed by atoms with E-state index in [1.165, 1.54) is 11.1 Å². The lowest BCUT2D eigenvalue weighted by Crippen LogP contribution is -2.44. The second-order valence-electron chi connectivity index (χ2n) is 5.50. The fourth-order valence-electron chi connectivity index (χ4n) is 2.34. The molecule has 1 aromatic carbocycles. The zero-order valence-electron chi connectivity index (χ0n) is 12.2. The van der Waals surface area contributed by atoms with E-state index >= 15 is 0 Å². The number of carbonyl (C=O) groups excluding carboxylic acids is 1. The molecule has 0 aliphatic heterocycles. The molecule has 0 bridgehead atoms. The van der Waals surface area contributed by atoms with Crippen LogP contribution >= 0.6 is 0 Å². The number of aryl methyl sites for hydroxylation is 1. The summed E-state index contributed by atoms with van der Waals surface area (Å²) in [5.41, 5.74) is 8.43. The van der Waals surface area contributed by atoms with Gasteiger partial charge in [0.1, 0.15) is 0 Å². The van der Waals surface area contributed by atoms with E-state index < -0.39 is 6.04 Å². The first-order valence-electron chi connectivity index (χ1n) is 7.40. The first-order chi connectivity index (χ1) is 9.65. The second kappa shape index (κ2) is 6.71. The lowest BCUT2D eigenvalue weighted by atomic mass is 10.1. The Morgan fingerprint density at radius 2 is 2.00 bits per heavy atom. The predicted octanol–water partition coefficient (Wildman–Crippen LogP) is 2.64. The molecule has 0 saturated heterocycles. The zero-order chi connectivity index (χ0) is 14.5. The summed E-state index contributed by atoms with van der Waals surface area (Å²) in [5, 5.41) is 0. The number of hydrogen-bond acceptors (Lipinski definition) is 2. The van der Waals surface area contributed by atoms with Gasteiger partial charge in [-0.1, -0.05) is 37.3 Å². The monoisotopic (exact) mass is 272 g/mol. The van der Waals surface area contributed by atoms with Gasteiger partial charge in [0.15, 0.2) is 0 Å². The highest BCUT2D eigenvalue weighted by molar-refractivity contribution is 5.82. The van der Waals surface area contributed by atoms with E-state index in [4.69, 9.17) is 5.73 Å². The number of benzene rings is 1. The molecule has 1 amide bonds.